The molecule has 2 aliphatic rings. The van der Waals surface area contributed by atoms with Crippen LogP contribution < -0.4 is 0 Å². The molecule has 2 heterocycles. The van der Waals surface area contributed by atoms with Crippen molar-refractivity contribution in [2.75, 3.05) is 33.2 Å². The molecule has 0 unspecified atom stereocenters. The van der Waals surface area contributed by atoms with E-state index in [0.717, 1.165) is 17.7 Å². The van der Waals surface area contributed by atoms with Gasteiger partial charge in [0.2, 0.25) is 17.7 Å². The Balaban J connectivity index is 1.49. The van der Waals surface area contributed by atoms with Gasteiger partial charge >= 0.3 is 6.18 Å². The van der Waals surface area contributed by atoms with E-state index in [0.29, 0.717) is 56.6 Å². The molecule has 0 N–H and O–H groups in total. The van der Waals surface area contributed by atoms with E-state index in [4.69, 9.17) is 0 Å². The first kappa shape index (κ1) is 28.6. The molecule has 0 aliphatic carbocycles. The lowest BCUT2D eigenvalue weighted by molar-refractivity contribution is -0.145. The van der Waals surface area contributed by atoms with E-state index in [1.54, 1.807) is 31.9 Å². The molecule has 3 amide bonds. The summed E-state index contributed by atoms with van der Waals surface area (Å²) in [7, 11) is 1.63. The van der Waals surface area contributed by atoms with Gasteiger partial charge in [0.05, 0.1) is 5.56 Å². The number of halogens is 3. The first-order chi connectivity index (χ1) is 18.4. The molecule has 2 aromatic rings. The minimum atomic E-state index is -4.45. The normalized spacial score (nSPS) is 20.6. The lowest BCUT2D eigenvalue weighted by Crippen LogP contribution is -2.50. The summed E-state index contributed by atoms with van der Waals surface area (Å²) in [6.07, 6.45) is -2.72. The Labute approximate surface area is 227 Å². The topological polar surface area (TPSA) is 60.9 Å². The quantitative estimate of drug-likeness (QED) is 0.541. The van der Waals surface area contributed by atoms with Gasteiger partial charge < -0.3 is 14.7 Å². The Kier molecular flexibility index (Phi) is 8.67. The van der Waals surface area contributed by atoms with E-state index in [1.807, 2.05) is 35.2 Å². The van der Waals surface area contributed by atoms with E-state index in [-0.39, 0.29) is 36.1 Å². The Hall–Kier alpha value is -3.36. The van der Waals surface area contributed by atoms with Crippen molar-refractivity contribution in [3.8, 4) is 0 Å². The van der Waals surface area contributed by atoms with Crippen molar-refractivity contribution in [2.24, 2.45) is 11.8 Å². The van der Waals surface area contributed by atoms with Gasteiger partial charge in [-0.2, -0.15) is 13.2 Å². The first-order valence-corrected chi connectivity index (χ1v) is 13.5. The smallest absolute Gasteiger partial charge is 0.343 e. The first-order valence-electron chi connectivity index (χ1n) is 13.5. The molecular formula is C30H36F3N3O3. The molecule has 6 nitrogen and oxygen atoms in total. The highest BCUT2D eigenvalue weighted by molar-refractivity contribution is 5.82. The van der Waals surface area contributed by atoms with E-state index in [2.05, 4.69) is 0 Å². The zero-order chi connectivity index (χ0) is 28.3. The van der Waals surface area contributed by atoms with E-state index >= 15 is 0 Å². The summed E-state index contributed by atoms with van der Waals surface area (Å²) < 4.78 is 40.0. The predicted molar refractivity (Wildman–Crippen MR) is 142 cm³/mol. The highest BCUT2D eigenvalue weighted by Crippen LogP contribution is 2.36. The average Bonchev–Trinajstić information content (AvgIpc) is 2.91. The molecular weight excluding hydrogens is 507 g/mol. The van der Waals surface area contributed by atoms with Gasteiger partial charge in [-0.3, -0.25) is 14.4 Å². The summed E-state index contributed by atoms with van der Waals surface area (Å²) in [6.45, 7) is 5.22. The average molecular weight is 544 g/mol. The third-order valence-corrected chi connectivity index (χ3v) is 8.02. The number of hydrogen-bond acceptors (Lipinski definition) is 3. The summed E-state index contributed by atoms with van der Waals surface area (Å²) in [5.74, 6) is -0.809. The zero-order valence-corrected chi connectivity index (χ0v) is 22.7. The van der Waals surface area contributed by atoms with Crippen LogP contribution >= 0.6 is 0 Å². The summed E-state index contributed by atoms with van der Waals surface area (Å²) in [6, 6.07) is 13.5. The monoisotopic (exact) mass is 543 g/mol. The van der Waals surface area contributed by atoms with Gasteiger partial charge in [0.15, 0.2) is 0 Å². The van der Waals surface area contributed by atoms with Crippen molar-refractivity contribution in [2.45, 2.75) is 51.7 Å². The standard InChI is InChI=1S/C30H36F3N3O3/c1-20-15-22(17-25(16-20)30(31,32)33)18-34(3)29(39)26-11-14-36(19-27(26)23-7-5-4-6-8-23)28(38)24-9-12-35(13-10-24)21(2)37/h4-8,15-17,24,26-27H,9-14,18-19H2,1-3H3/t26-,27+/m1/s1. The van der Waals surface area contributed by atoms with Crippen LogP contribution in [0.15, 0.2) is 48.5 Å². The fraction of sp³-hybridized carbons (Fsp3) is 0.500. The number of hydrogen-bond donors (Lipinski definition) is 0. The number of rotatable bonds is 5. The molecule has 4 rings (SSSR count). The summed E-state index contributed by atoms with van der Waals surface area (Å²) >= 11 is 0. The second-order valence-electron chi connectivity index (χ2n) is 10.9. The van der Waals surface area contributed by atoms with Crippen LogP contribution in [0.5, 0.6) is 0 Å². The van der Waals surface area contributed by atoms with Crippen molar-refractivity contribution in [1.82, 2.24) is 14.7 Å². The lowest BCUT2D eigenvalue weighted by Gasteiger charge is -2.41. The minimum Gasteiger partial charge on any atom is -0.343 e. The van der Waals surface area contributed by atoms with Crippen molar-refractivity contribution in [3.05, 3.63) is 70.8 Å². The highest BCUT2D eigenvalue weighted by Gasteiger charge is 2.40. The van der Waals surface area contributed by atoms with Gasteiger partial charge in [0.1, 0.15) is 0 Å². The van der Waals surface area contributed by atoms with Crippen molar-refractivity contribution in [3.63, 3.8) is 0 Å². The second kappa shape index (κ2) is 11.8. The van der Waals surface area contributed by atoms with Gasteiger partial charge in [-0.25, -0.2) is 0 Å². The molecule has 2 aliphatic heterocycles. The van der Waals surface area contributed by atoms with E-state index < -0.39 is 17.7 Å². The van der Waals surface area contributed by atoms with Gasteiger partial charge in [-0.15, -0.1) is 0 Å². The second-order valence-corrected chi connectivity index (χ2v) is 10.9. The predicted octanol–water partition coefficient (Wildman–Crippen LogP) is 4.86. The van der Waals surface area contributed by atoms with Crippen LogP contribution in [0.25, 0.3) is 0 Å². The summed E-state index contributed by atoms with van der Waals surface area (Å²) in [4.78, 5) is 43.9. The maximum Gasteiger partial charge on any atom is 0.416 e. The van der Waals surface area contributed by atoms with Gasteiger partial charge in [0.25, 0.3) is 0 Å². The molecule has 0 aromatic heterocycles. The van der Waals surface area contributed by atoms with Gasteiger partial charge in [-0.1, -0.05) is 42.0 Å². The molecule has 0 saturated carbocycles. The molecule has 9 heteroatoms. The van der Waals surface area contributed by atoms with Crippen molar-refractivity contribution >= 4 is 17.7 Å². The fourth-order valence-corrected chi connectivity index (χ4v) is 5.94. The molecule has 210 valence electrons. The number of amides is 3. The Morgan fingerprint density at radius 1 is 0.949 bits per heavy atom. The Morgan fingerprint density at radius 3 is 2.21 bits per heavy atom. The number of carbonyl (C=O) groups excluding carboxylic acids is 3. The van der Waals surface area contributed by atoms with Gasteiger partial charge in [-0.05, 0) is 49.4 Å². The molecule has 0 radical (unpaired) electrons. The number of aryl methyl sites for hydroxylation is 1. The van der Waals surface area contributed by atoms with Crippen LogP contribution in [0.3, 0.4) is 0 Å². The number of carbonyl (C=O) groups is 3. The summed E-state index contributed by atoms with van der Waals surface area (Å²) in [5.41, 5.74) is 1.16. The maximum atomic E-state index is 13.7. The summed E-state index contributed by atoms with van der Waals surface area (Å²) in [5, 5.41) is 0. The van der Waals surface area contributed by atoms with E-state index in [9.17, 15) is 27.6 Å². The van der Waals surface area contributed by atoms with Crippen LogP contribution in [-0.4, -0.2) is 65.6 Å². The molecule has 0 bridgehead atoms. The van der Waals surface area contributed by atoms with Crippen LogP contribution in [0.2, 0.25) is 0 Å². The number of piperidine rings is 2. The number of likely N-dealkylation sites (tertiary alicyclic amines) is 2. The fourth-order valence-electron chi connectivity index (χ4n) is 5.94. The van der Waals surface area contributed by atoms with Crippen LogP contribution in [0, 0.1) is 18.8 Å². The Morgan fingerprint density at radius 2 is 1.59 bits per heavy atom. The van der Waals surface area contributed by atoms with Crippen molar-refractivity contribution in [1.29, 1.82) is 0 Å². The van der Waals surface area contributed by atoms with Crippen LogP contribution in [0.4, 0.5) is 13.2 Å². The van der Waals surface area contributed by atoms with Crippen LogP contribution in [-0.2, 0) is 27.1 Å². The largest absolute Gasteiger partial charge is 0.416 e. The number of alkyl halides is 3. The number of benzene rings is 2. The molecule has 2 saturated heterocycles. The molecule has 2 atom stereocenters. The van der Waals surface area contributed by atoms with Crippen LogP contribution in [0.1, 0.15) is 54.4 Å². The number of nitrogens with zero attached hydrogens (tertiary/aromatic N) is 3. The highest BCUT2D eigenvalue weighted by atomic mass is 19.4. The third-order valence-electron chi connectivity index (χ3n) is 8.02. The third kappa shape index (κ3) is 6.81. The lowest BCUT2D eigenvalue weighted by atomic mass is 9.79. The SMILES string of the molecule is CC(=O)N1CCC(C(=O)N2CC[C@@H](C(=O)N(C)Cc3cc(C)cc(C(F)(F)F)c3)[C@H](c3ccccc3)C2)CC1. The minimum absolute atomic E-state index is 0.0220. The molecule has 2 fully saturated rings. The van der Waals surface area contributed by atoms with Crippen molar-refractivity contribution < 1.29 is 27.6 Å². The molecule has 2 aromatic carbocycles. The Bertz CT molecular complexity index is 1190. The van der Waals surface area contributed by atoms with Gasteiger partial charge in [0, 0.05) is 64.4 Å². The molecule has 39 heavy (non-hydrogen) atoms. The van der Waals surface area contributed by atoms with E-state index in [1.165, 1.54) is 4.90 Å². The maximum absolute atomic E-state index is 13.7. The zero-order valence-electron chi connectivity index (χ0n) is 22.7. The molecule has 0 spiro atoms.